The van der Waals surface area contributed by atoms with Gasteiger partial charge in [0.25, 0.3) is 0 Å². The van der Waals surface area contributed by atoms with Crippen LogP contribution in [0.15, 0.2) is 39.9 Å². The van der Waals surface area contributed by atoms with Gasteiger partial charge in [-0.05, 0) is 18.2 Å². The Labute approximate surface area is 140 Å². The second-order valence-electron chi connectivity index (χ2n) is 5.85. The number of fused-ring (bicyclic) bond motifs is 1. The first-order chi connectivity index (χ1) is 12.0. The van der Waals surface area contributed by atoms with Crippen LogP contribution < -0.4 is 5.43 Å². The number of amides is 1. The average Bonchev–Trinajstić information content (AvgIpc) is 3.21. The summed E-state index contributed by atoms with van der Waals surface area (Å²) in [5.41, 5.74) is 5.60. The number of aromatic amines is 1. The van der Waals surface area contributed by atoms with E-state index < -0.39 is 4.92 Å². The molecule has 0 radical (unpaired) electrons. The molecule has 0 spiro atoms. The molecular formula is C16H13N5O4. The van der Waals surface area contributed by atoms with Gasteiger partial charge in [0, 0.05) is 17.9 Å². The van der Waals surface area contributed by atoms with Crippen molar-refractivity contribution in [2.75, 3.05) is 0 Å². The number of nitro groups is 1. The third kappa shape index (κ3) is 2.65. The Morgan fingerprint density at radius 2 is 2.16 bits per heavy atom. The van der Waals surface area contributed by atoms with E-state index in [1.165, 1.54) is 12.1 Å². The van der Waals surface area contributed by atoms with Crippen LogP contribution in [-0.4, -0.2) is 26.5 Å². The van der Waals surface area contributed by atoms with Gasteiger partial charge in [0.15, 0.2) is 11.6 Å². The molecule has 1 atom stereocenters. The maximum Gasteiger partial charge on any atom is 0.433 e. The van der Waals surface area contributed by atoms with Gasteiger partial charge in [-0.15, -0.1) is 0 Å². The van der Waals surface area contributed by atoms with Gasteiger partial charge in [-0.2, -0.15) is 5.10 Å². The summed E-state index contributed by atoms with van der Waals surface area (Å²) >= 11 is 0. The zero-order valence-corrected chi connectivity index (χ0v) is 13.1. The molecule has 0 saturated carbocycles. The van der Waals surface area contributed by atoms with E-state index in [1.54, 1.807) is 0 Å². The molecule has 2 aromatic heterocycles. The van der Waals surface area contributed by atoms with Gasteiger partial charge >= 0.3 is 5.88 Å². The zero-order valence-electron chi connectivity index (χ0n) is 13.1. The van der Waals surface area contributed by atoms with Crippen LogP contribution in [-0.2, 0) is 4.79 Å². The maximum atomic E-state index is 11.4. The lowest BCUT2D eigenvalue weighted by Crippen LogP contribution is -2.31. The molecule has 9 nitrogen and oxygen atoms in total. The summed E-state index contributed by atoms with van der Waals surface area (Å²) < 4.78 is 5.17. The zero-order chi connectivity index (χ0) is 17.6. The Bertz CT molecular complexity index is 1030. The molecule has 0 fully saturated rings. The summed E-state index contributed by atoms with van der Waals surface area (Å²) in [7, 11) is 0. The van der Waals surface area contributed by atoms with Gasteiger partial charge in [0.1, 0.15) is 4.92 Å². The molecule has 9 heteroatoms. The van der Waals surface area contributed by atoms with Crippen LogP contribution in [0.5, 0.6) is 0 Å². The van der Waals surface area contributed by atoms with Crippen molar-refractivity contribution in [2.45, 2.75) is 13.3 Å². The highest BCUT2D eigenvalue weighted by Crippen LogP contribution is 2.27. The molecule has 1 aromatic carbocycles. The number of hydrogen-bond donors (Lipinski definition) is 2. The van der Waals surface area contributed by atoms with Crippen molar-refractivity contribution in [3.8, 4) is 11.6 Å². The van der Waals surface area contributed by atoms with E-state index in [9.17, 15) is 14.9 Å². The van der Waals surface area contributed by atoms with Crippen LogP contribution >= 0.6 is 0 Å². The van der Waals surface area contributed by atoms with E-state index in [0.717, 1.165) is 16.8 Å². The highest BCUT2D eigenvalue weighted by atomic mass is 16.6. The van der Waals surface area contributed by atoms with Crippen LogP contribution in [0.4, 0.5) is 5.88 Å². The van der Waals surface area contributed by atoms with Crippen molar-refractivity contribution >= 4 is 28.5 Å². The van der Waals surface area contributed by atoms with Crippen LogP contribution in [0.2, 0.25) is 0 Å². The number of rotatable bonds is 3. The molecular weight excluding hydrogens is 326 g/mol. The van der Waals surface area contributed by atoms with E-state index in [4.69, 9.17) is 4.42 Å². The number of benzene rings is 1. The third-order valence-corrected chi connectivity index (χ3v) is 4.04. The van der Waals surface area contributed by atoms with Gasteiger partial charge in [-0.25, -0.2) is 10.4 Å². The minimum Gasteiger partial charge on any atom is -0.397 e. The van der Waals surface area contributed by atoms with Gasteiger partial charge in [-0.1, -0.05) is 13.0 Å². The number of aromatic nitrogens is 2. The number of hydrogen-bond acceptors (Lipinski definition) is 6. The van der Waals surface area contributed by atoms with Crippen molar-refractivity contribution in [3.05, 3.63) is 46.0 Å². The lowest BCUT2D eigenvalue weighted by atomic mass is 9.94. The molecule has 1 aliphatic rings. The predicted molar refractivity (Wildman–Crippen MR) is 88.9 cm³/mol. The molecule has 126 valence electrons. The Hall–Kier alpha value is -3.49. The van der Waals surface area contributed by atoms with Crippen LogP contribution in [0, 0.1) is 16.0 Å². The Morgan fingerprint density at radius 1 is 1.32 bits per heavy atom. The Balaban J connectivity index is 1.72. The summed E-state index contributed by atoms with van der Waals surface area (Å²) in [5.74, 6) is 0.278. The number of H-pyrrole nitrogens is 1. The molecule has 2 N–H and O–H groups in total. The standard InChI is InChI=1S/C16H13N5O4/c1-8-6-13(22)19-20-15(8)9-2-3-10-11(7-9)18-16(17-10)12-4-5-14(25-12)21(23)24/h2-5,7-8H,6H2,1H3,(H,17,18)(H,19,22). The number of carbonyl (C=O) groups excluding carboxylic acids is 1. The Morgan fingerprint density at radius 3 is 2.88 bits per heavy atom. The molecule has 25 heavy (non-hydrogen) atoms. The highest BCUT2D eigenvalue weighted by molar-refractivity contribution is 6.07. The first-order valence-corrected chi connectivity index (χ1v) is 7.62. The van der Waals surface area contributed by atoms with Crippen molar-refractivity contribution in [1.29, 1.82) is 0 Å². The fourth-order valence-corrected chi connectivity index (χ4v) is 2.84. The SMILES string of the molecule is CC1CC(=O)NN=C1c1ccc2[nH]c(-c3ccc([N+](=O)[O-])o3)nc2c1. The fraction of sp³-hybridized carbons (Fsp3) is 0.188. The maximum absolute atomic E-state index is 11.4. The van der Waals surface area contributed by atoms with Crippen molar-refractivity contribution in [1.82, 2.24) is 15.4 Å². The number of nitrogens with one attached hydrogen (secondary N) is 2. The summed E-state index contributed by atoms with van der Waals surface area (Å²) in [6, 6.07) is 8.39. The second-order valence-corrected chi connectivity index (χ2v) is 5.85. The van der Waals surface area contributed by atoms with E-state index in [1.807, 2.05) is 25.1 Å². The molecule has 4 rings (SSSR count). The van der Waals surface area contributed by atoms with Crippen LogP contribution in [0.25, 0.3) is 22.6 Å². The molecule has 1 unspecified atom stereocenters. The van der Waals surface area contributed by atoms with Crippen LogP contribution in [0.1, 0.15) is 18.9 Å². The van der Waals surface area contributed by atoms with Crippen molar-refractivity contribution < 1.29 is 14.1 Å². The number of carbonyl (C=O) groups is 1. The summed E-state index contributed by atoms with van der Waals surface area (Å²) in [4.78, 5) is 29.0. The minimum absolute atomic E-state index is 0.0114. The number of hydrazone groups is 1. The normalized spacial score (nSPS) is 17.4. The monoisotopic (exact) mass is 339 g/mol. The van der Waals surface area contributed by atoms with Gasteiger partial charge in [-0.3, -0.25) is 14.9 Å². The first-order valence-electron chi connectivity index (χ1n) is 7.62. The topological polar surface area (TPSA) is 126 Å². The quantitative estimate of drug-likeness (QED) is 0.560. The molecule has 0 bridgehead atoms. The van der Waals surface area contributed by atoms with Gasteiger partial charge in [0.05, 0.1) is 22.8 Å². The van der Waals surface area contributed by atoms with Crippen molar-refractivity contribution in [2.24, 2.45) is 11.0 Å². The van der Waals surface area contributed by atoms with E-state index in [-0.39, 0.29) is 17.7 Å². The fourth-order valence-electron chi connectivity index (χ4n) is 2.84. The summed E-state index contributed by atoms with van der Waals surface area (Å²) in [6.07, 6.45) is 0.388. The molecule has 0 saturated heterocycles. The third-order valence-electron chi connectivity index (χ3n) is 4.04. The molecule has 3 heterocycles. The van der Waals surface area contributed by atoms with Gasteiger partial charge in [0.2, 0.25) is 5.91 Å². The predicted octanol–water partition coefficient (Wildman–Crippen LogP) is 2.59. The van der Waals surface area contributed by atoms with Gasteiger partial charge < -0.3 is 9.40 Å². The smallest absolute Gasteiger partial charge is 0.397 e. The molecule has 3 aromatic rings. The first kappa shape index (κ1) is 15.1. The highest BCUT2D eigenvalue weighted by Gasteiger charge is 2.22. The largest absolute Gasteiger partial charge is 0.433 e. The minimum atomic E-state index is -0.596. The Kier molecular flexibility index (Phi) is 3.34. The summed E-state index contributed by atoms with van der Waals surface area (Å²) in [6.45, 7) is 1.94. The van der Waals surface area contributed by atoms with E-state index in [0.29, 0.717) is 23.5 Å². The lowest BCUT2D eigenvalue weighted by Gasteiger charge is -2.18. The molecule has 1 aliphatic heterocycles. The number of furan rings is 1. The lowest BCUT2D eigenvalue weighted by molar-refractivity contribution is -0.401. The van der Waals surface area contributed by atoms with E-state index in [2.05, 4.69) is 20.5 Å². The number of imidazole rings is 1. The van der Waals surface area contributed by atoms with E-state index >= 15 is 0 Å². The van der Waals surface area contributed by atoms with Crippen LogP contribution in [0.3, 0.4) is 0 Å². The molecule has 1 amide bonds. The van der Waals surface area contributed by atoms with Crippen molar-refractivity contribution in [3.63, 3.8) is 0 Å². The average molecular weight is 339 g/mol. The number of nitrogens with zero attached hydrogens (tertiary/aromatic N) is 3. The second kappa shape index (κ2) is 5.55. The summed E-state index contributed by atoms with van der Waals surface area (Å²) in [5, 5.41) is 14.9. The molecule has 0 aliphatic carbocycles.